The van der Waals surface area contributed by atoms with Crippen LogP contribution in [-0.4, -0.2) is 34.2 Å². The van der Waals surface area contributed by atoms with E-state index >= 15 is 0 Å². The normalized spacial score (nSPS) is 16.7. The van der Waals surface area contributed by atoms with Crippen LogP contribution < -0.4 is 5.32 Å². The van der Waals surface area contributed by atoms with Crippen LogP contribution in [0, 0.1) is 0 Å². The fourth-order valence-corrected chi connectivity index (χ4v) is 3.84. The van der Waals surface area contributed by atoms with E-state index < -0.39 is 0 Å². The molecule has 1 N–H and O–H groups in total. The summed E-state index contributed by atoms with van der Waals surface area (Å²) in [5.74, 6) is 0.956. The predicted octanol–water partition coefficient (Wildman–Crippen LogP) is 6.11. The van der Waals surface area contributed by atoms with Gasteiger partial charge in [0, 0.05) is 23.7 Å². The van der Waals surface area contributed by atoms with Crippen molar-refractivity contribution in [1.29, 1.82) is 0 Å². The lowest BCUT2D eigenvalue weighted by Gasteiger charge is -2.31. The van der Waals surface area contributed by atoms with Gasteiger partial charge in [0.15, 0.2) is 0 Å². The molecule has 1 aromatic heterocycles. The molecule has 1 aliphatic heterocycles. The quantitative estimate of drug-likeness (QED) is 0.521. The van der Waals surface area contributed by atoms with E-state index in [-0.39, 0.29) is 11.9 Å². The molecule has 150 valence electrons. The molecule has 0 radical (unpaired) electrons. The van der Waals surface area contributed by atoms with Crippen molar-refractivity contribution in [2.75, 3.05) is 18.4 Å². The van der Waals surface area contributed by atoms with Gasteiger partial charge in [-0.1, -0.05) is 58.2 Å². The number of rotatable bonds is 3. The standard InChI is InChI=1S/C20H17Cl3N4O2/c21-14-6-1-4-12(10-14)18-25-19(29-26-18)13-5-3-9-27(11-13)20(28)24-16-8-2-7-15(22)17(16)23/h1-2,4,6-8,10,13H,3,5,9,11H2,(H,24,28). The first-order valence-corrected chi connectivity index (χ1v) is 10.2. The van der Waals surface area contributed by atoms with Gasteiger partial charge in [-0.15, -0.1) is 0 Å². The Labute approximate surface area is 182 Å². The number of anilines is 1. The van der Waals surface area contributed by atoms with Crippen molar-refractivity contribution in [3.63, 3.8) is 0 Å². The fourth-order valence-electron chi connectivity index (χ4n) is 3.30. The summed E-state index contributed by atoms with van der Waals surface area (Å²) in [6.45, 7) is 1.11. The van der Waals surface area contributed by atoms with Gasteiger partial charge >= 0.3 is 6.03 Å². The van der Waals surface area contributed by atoms with Gasteiger partial charge in [-0.25, -0.2) is 4.79 Å². The zero-order valence-corrected chi connectivity index (χ0v) is 17.5. The fraction of sp³-hybridized carbons (Fsp3) is 0.250. The second-order valence-electron chi connectivity index (χ2n) is 6.78. The number of hydrogen-bond donors (Lipinski definition) is 1. The highest BCUT2D eigenvalue weighted by atomic mass is 35.5. The first-order chi connectivity index (χ1) is 14.0. The maximum Gasteiger partial charge on any atom is 0.321 e. The third-order valence-electron chi connectivity index (χ3n) is 4.78. The average molecular weight is 452 g/mol. The summed E-state index contributed by atoms with van der Waals surface area (Å²) >= 11 is 18.2. The summed E-state index contributed by atoms with van der Waals surface area (Å²) in [4.78, 5) is 18.9. The molecule has 0 aliphatic carbocycles. The van der Waals surface area contributed by atoms with Crippen LogP contribution in [0.3, 0.4) is 0 Å². The molecule has 6 nitrogen and oxygen atoms in total. The number of urea groups is 1. The second kappa shape index (κ2) is 8.61. The molecule has 29 heavy (non-hydrogen) atoms. The molecule has 0 spiro atoms. The summed E-state index contributed by atoms with van der Waals surface area (Å²) in [6.07, 6.45) is 1.69. The van der Waals surface area contributed by atoms with Gasteiger partial charge in [0.2, 0.25) is 11.7 Å². The molecule has 1 atom stereocenters. The summed E-state index contributed by atoms with van der Waals surface area (Å²) in [7, 11) is 0. The van der Waals surface area contributed by atoms with Crippen LogP contribution in [-0.2, 0) is 0 Å². The monoisotopic (exact) mass is 450 g/mol. The minimum Gasteiger partial charge on any atom is -0.339 e. The number of carbonyl (C=O) groups excluding carboxylic acids is 1. The van der Waals surface area contributed by atoms with Crippen LogP contribution in [0.15, 0.2) is 47.0 Å². The number of halogens is 3. The van der Waals surface area contributed by atoms with Crippen LogP contribution in [0.2, 0.25) is 15.1 Å². The van der Waals surface area contributed by atoms with Gasteiger partial charge < -0.3 is 14.7 Å². The Hall–Kier alpha value is -2.28. The third kappa shape index (κ3) is 4.50. The van der Waals surface area contributed by atoms with Crippen LogP contribution >= 0.6 is 34.8 Å². The van der Waals surface area contributed by atoms with Crippen molar-refractivity contribution in [3.8, 4) is 11.4 Å². The smallest absolute Gasteiger partial charge is 0.321 e. The molecule has 1 unspecified atom stereocenters. The van der Waals surface area contributed by atoms with E-state index in [9.17, 15) is 4.79 Å². The minimum absolute atomic E-state index is 0.0373. The van der Waals surface area contributed by atoms with Crippen LogP contribution in [0.25, 0.3) is 11.4 Å². The van der Waals surface area contributed by atoms with E-state index in [2.05, 4.69) is 15.5 Å². The molecule has 9 heteroatoms. The van der Waals surface area contributed by atoms with Gasteiger partial charge in [-0.05, 0) is 37.1 Å². The highest BCUT2D eigenvalue weighted by molar-refractivity contribution is 6.43. The Balaban J connectivity index is 1.46. The van der Waals surface area contributed by atoms with Crippen molar-refractivity contribution < 1.29 is 9.32 Å². The first-order valence-electron chi connectivity index (χ1n) is 9.11. The third-order valence-corrected chi connectivity index (χ3v) is 5.83. The Morgan fingerprint density at radius 3 is 2.83 bits per heavy atom. The molecular weight excluding hydrogens is 435 g/mol. The van der Waals surface area contributed by atoms with Gasteiger partial charge in [0.1, 0.15) is 0 Å². The molecule has 0 bridgehead atoms. The van der Waals surface area contributed by atoms with Gasteiger partial charge in [-0.3, -0.25) is 0 Å². The van der Waals surface area contributed by atoms with E-state index in [4.69, 9.17) is 39.3 Å². The number of aromatic nitrogens is 2. The number of nitrogens with one attached hydrogen (secondary N) is 1. The number of amides is 2. The van der Waals surface area contributed by atoms with Crippen LogP contribution in [0.4, 0.5) is 10.5 Å². The highest BCUT2D eigenvalue weighted by Crippen LogP contribution is 2.31. The number of benzene rings is 2. The lowest BCUT2D eigenvalue weighted by atomic mass is 9.98. The van der Waals surface area contributed by atoms with E-state index in [1.807, 2.05) is 12.1 Å². The van der Waals surface area contributed by atoms with Crippen molar-refractivity contribution in [2.45, 2.75) is 18.8 Å². The number of nitrogens with zero attached hydrogens (tertiary/aromatic N) is 3. The van der Waals surface area contributed by atoms with Crippen molar-refractivity contribution in [3.05, 3.63) is 63.4 Å². The van der Waals surface area contributed by atoms with Crippen molar-refractivity contribution in [1.82, 2.24) is 15.0 Å². The maximum absolute atomic E-state index is 12.7. The average Bonchev–Trinajstić information content (AvgIpc) is 3.22. The zero-order valence-electron chi connectivity index (χ0n) is 15.2. The molecule has 4 rings (SSSR count). The minimum atomic E-state index is -0.242. The highest BCUT2D eigenvalue weighted by Gasteiger charge is 2.29. The molecule has 3 aromatic rings. The molecule has 1 fully saturated rings. The molecule has 1 aliphatic rings. The Morgan fingerprint density at radius 1 is 1.17 bits per heavy atom. The van der Waals surface area contributed by atoms with Crippen LogP contribution in [0.1, 0.15) is 24.7 Å². The van der Waals surface area contributed by atoms with Crippen molar-refractivity contribution >= 4 is 46.5 Å². The topological polar surface area (TPSA) is 71.3 Å². The van der Waals surface area contributed by atoms with Gasteiger partial charge in [0.05, 0.1) is 21.7 Å². The Morgan fingerprint density at radius 2 is 2.00 bits per heavy atom. The Kier molecular flexibility index (Phi) is 5.94. The van der Waals surface area contributed by atoms with Crippen LogP contribution in [0.5, 0.6) is 0 Å². The molecular formula is C20H17Cl3N4O2. The summed E-state index contributed by atoms with van der Waals surface area (Å²) in [5, 5.41) is 8.20. The second-order valence-corrected chi connectivity index (χ2v) is 8.00. The van der Waals surface area contributed by atoms with Gasteiger partial charge in [0.25, 0.3) is 0 Å². The molecule has 0 saturated carbocycles. The maximum atomic E-state index is 12.7. The first kappa shape index (κ1) is 20.0. The summed E-state index contributed by atoms with van der Waals surface area (Å²) in [5.41, 5.74) is 1.26. The lowest BCUT2D eigenvalue weighted by molar-refractivity contribution is 0.184. The molecule has 1 saturated heterocycles. The molecule has 2 heterocycles. The summed E-state index contributed by atoms with van der Waals surface area (Å²) in [6, 6.07) is 12.2. The largest absolute Gasteiger partial charge is 0.339 e. The SMILES string of the molecule is O=C(Nc1cccc(Cl)c1Cl)N1CCCC(c2nc(-c3cccc(Cl)c3)no2)C1. The van der Waals surface area contributed by atoms with E-state index in [1.165, 1.54) is 0 Å². The summed E-state index contributed by atoms with van der Waals surface area (Å²) < 4.78 is 5.48. The Bertz CT molecular complexity index is 1040. The van der Waals surface area contributed by atoms with E-state index in [0.29, 0.717) is 45.6 Å². The number of hydrogen-bond acceptors (Lipinski definition) is 4. The van der Waals surface area contributed by atoms with E-state index in [0.717, 1.165) is 18.4 Å². The number of piperidine rings is 1. The molecule has 2 amide bonds. The van der Waals surface area contributed by atoms with Crippen molar-refractivity contribution in [2.24, 2.45) is 0 Å². The molecule has 2 aromatic carbocycles. The zero-order chi connectivity index (χ0) is 20.4. The predicted molar refractivity (Wildman–Crippen MR) is 114 cm³/mol. The van der Waals surface area contributed by atoms with E-state index in [1.54, 1.807) is 35.2 Å². The van der Waals surface area contributed by atoms with Gasteiger partial charge in [-0.2, -0.15) is 4.98 Å². The number of likely N-dealkylation sites (tertiary alicyclic amines) is 1. The number of carbonyl (C=O) groups is 1. The lowest BCUT2D eigenvalue weighted by Crippen LogP contribution is -2.41.